The van der Waals surface area contributed by atoms with Crippen molar-refractivity contribution >= 4 is 15.7 Å². The van der Waals surface area contributed by atoms with E-state index in [0.29, 0.717) is 26.1 Å². The lowest BCUT2D eigenvalue weighted by molar-refractivity contribution is -0.885. The van der Waals surface area contributed by atoms with Crippen molar-refractivity contribution in [1.29, 1.82) is 0 Å². The second-order valence-corrected chi connectivity index (χ2v) is 10.9. The molecule has 29 heavy (non-hydrogen) atoms. The van der Waals surface area contributed by atoms with E-state index in [0.717, 1.165) is 28.3 Å². The molecule has 1 aromatic heterocycles. The molecule has 7 nitrogen and oxygen atoms in total. The molecule has 2 aliphatic rings. The normalized spacial score (nSPS) is 22.3. The number of amides is 1. The molecule has 1 aliphatic heterocycles. The van der Waals surface area contributed by atoms with E-state index in [1.54, 1.807) is 0 Å². The molecule has 1 aliphatic carbocycles. The third kappa shape index (κ3) is 5.92. The van der Waals surface area contributed by atoms with Crippen molar-refractivity contribution in [3.8, 4) is 0 Å². The number of carbonyl (C=O) groups excluding carboxylic acids is 1. The first-order chi connectivity index (χ1) is 13.7. The number of aryl methyl sites for hydroxylation is 1. The summed E-state index contributed by atoms with van der Waals surface area (Å²) in [4.78, 5) is 13.4. The molecule has 1 amide bonds. The zero-order valence-electron chi connectivity index (χ0n) is 18.0. The van der Waals surface area contributed by atoms with Crippen molar-refractivity contribution < 1.29 is 18.1 Å². The molecule has 1 saturated heterocycles. The van der Waals surface area contributed by atoms with Crippen LogP contribution in [0.25, 0.3) is 0 Å². The van der Waals surface area contributed by atoms with Gasteiger partial charge in [-0.2, -0.15) is 5.10 Å². The Balaban J connectivity index is 1.50. The Hall–Kier alpha value is -1.67. The summed E-state index contributed by atoms with van der Waals surface area (Å²) >= 11 is 0. The lowest BCUT2D eigenvalue weighted by Crippen LogP contribution is -3.09. The van der Waals surface area contributed by atoms with Crippen molar-refractivity contribution in [3.63, 3.8) is 0 Å². The van der Waals surface area contributed by atoms with Gasteiger partial charge in [0, 0.05) is 12.2 Å². The number of likely N-dealkylation sites (N-methyl/N-ethyl adjacent to an activating group) is 1. The first-order valence-electron chi connectivity index (χ1n) is 10.8. The topological polar surface area (TPSA) is 85.5 Å². The number of carbonyl (C=O) groups is 1. The van der Waals surface area contributed by atoms with Crippen LogP contribution in [0.15, 0.2) is 11.6 Å². The minimum Gasteiger partial charge on any atom is -0.351 e. The maximum Gasteiger partial charge on any atom is 0.275 e. The molecule has 3 rings (SSSR count). The van der Waals surface area contributed by atoms with Crippen LogP contribution < -0.4 is 10.2 Å². The molecule has 1 unspecified atom stereocenters. The number of hydrogen-bond acceptors (Lipinski definition) is 4. The Labute approximate surface area is 174 Å². The standard InChI is InChI=1S/C21H34N4O3S/c1-16-20(17(2)25(23-16)19-10-12-29(27,28)15-19)13-24(3)14-21(26)22-11-9-18-7-5-4-6-8-18/h7,19H,4-6,8-15H2,1-3H3,(H,22,26)/p+1/t19-/m0/s1. The lowest BCUT2D eigenvalue weighted by Gasteiger charge is -2.16. The van der Waals surface area contributed by atoms with Crippen LogP contribution >= 0.6 is 0 Å². The summed E-state index contributed by atoms with van der Waals surface area (Å²) in [5.74, 6) is 0.493. The van der Waals surface area contributed by atoms with E-state index < -0.39 is 9.84 Å². The molecular formula is C21H35N4O3S+. The van der Waals surface area contributed by atoms with E-state index in [4.69, 9.17) is 0 Å². The van der Waals surface area contributed by atoms with Crippen molar-refractivity contribution in [2.75, 3.05) is 31.6 Å². The van der Waals surface area contributed by atoms with Crippen LogP contribution in [0.2, 0.25) is 0 Å². The van der Waals surface area contributed by atoms with E-state index in [1.165, 1.54) is 31.3 Å². The predicted molar refractivity (Wildman–Crippen MR) is 114 cm³/mol. The first kappa shape index (κ1) is 22.0. The van der Waals surface area contributed by atoms with Crippen molar-refractivity contribution in [1.82, 2.24) is 15.1 Å². The van der Waals surface area contributed by atoms with E-state index in [9.17, 15) is 13.2 Å². The minimum atomic E-state index is -2.94. The number of allylic oxidation sites excluding steroid dienone is 1. The van der Waals surface area contributed by atoms with Gasteiger partial charge in [-0.05, 0) is 52.4 Å². The Kier molecular flexibility index (Phi) is 7.16. The minimum absolute atomic E-state index is 0.0647. The fourth-order valence-electron chi connectivity index (χ4n) is 4.47. The fourth-order valence-corrected chi connectivity index (χ4v) is 6.16. The summed E-state index contributed by atoms with van der Waals surface area (Å²) in [6.45, 7) is 5.81. The zero-order valence-corrected chi connectivity index (χ0v) is 18.8. The van der Waals surface area contributed by atoms with Gasteiger partial charge in [0.1, 0.15) is 6.54 Å². The van der Waals surface area contributed by atoms with Gasteiger partial charge in [0.15, 0.2) is 16.4 Å². The van der Waals surface area contributed by atoms with Crippen LogP contribution in [-0.2, 0) is 21.2 Å². The summed E-state index contributed by atoms with van der Waals surface area (Å²) in [7, 11) is -0.930. The van der Waals surface area contributed by atoms with Gasteiger partial charge in [0.05, 0.1) is 35.9 Å². The molecule has 0 bridgehead atoms. The Bertz CT molecular complexity index is 873. The van der Waals surface area contributed by atoms with Gasteiger partial charge in [-0.25, -0.2) is 8.42 Å². The molecule has 0 radical (unpaired) electrons. The largest absolute Gasteiger partial charge is 0.351 e. The zero-order chi connectivity index (χ0) is 21.0. The van der Waals surface area contributed by atoms with Crippen LogP contribution in [0.5, 0.6) is 0 Å². The Morgan fingerprint density at radius 2 is 2.14 bits per heavy atom. The highest BCUT2D eigenvalue weighted by Gasteiger charge is 2.31. The van der Waals surface area contributed by atoms with E-state index in [2.05, 4.69) is 16.5 Å². The fraction of sp³-hybridized carbons (Fsp3) is 0.714. The summed E-state index contributed by atoms with van der Waals surface area (Å²) < 4.78 is 25.5. The van der Waals surface area contributed by atoms with Gasteiger partial charge in [0.2, 0.25) is 0 Å². The Morgan fingerprint density at radius 3 is 2.79 bits per heavy atom. The van der Waals surface area contributed by atoms with Crippen molar-refractivity contribution in [2.24, 2.45) is 0 Å². The summed E-state index contributed by atoms with van der Waals surface area (Å²) in [5, 5.41) is 7.67. The number of quaternary nitrogens is 1. The average Bonchev–Trinajstić information content (AvgIpc) is 3.16. The molecule has 2 atom stereocenters. The number of sulfone groups is 1. The van der Waals surface area contributed by atoms with Gasteiger partial charge in [0.25, 0.3) is 5.91 Å². The quantitative estimate of drug-likeness (QED) is 0.608. The summed E-state index contributed by atoms with van der Waals surface area (Å²) in [5.41, 5.74) is 4.54. The number of nitrogens with one attached hydrogen (secondary N) is 2. The van der Waals surface area contributed by atoms with Gasteiger partial charge in [-0.3, -0.25) is 9.48 Å². The molecule has 0 aromatic carbocycles. The van der Waals surface area contributed by atoms with Gasteiger partial charge in [-0.15, -0.1) is 0 Å². The number of hydrogen-bond donors (Lipinski definition) is 2. The molecule has 1 aromatic rings. The predicted octanol–water partition coefficient (Wildman–Crippen LogP) is 0.881. The third-order valence-corrected chi connectivity index (χ3v) is 7.87. The first-order valence-corrected chi connectivity index (χ1v) is 12.6. The van der Waals surface area contributed by atoms with Crippen LogP contribution in [0.3, 0.4) is 0 Å². The van der Waals surface area contributed by atoms with Crippen LogP contribution in [0.4, 0.5) is 0 Å². The number of rotatable bonds is 8. The van der Waals surface area contributed by atoms with Crippen LogP contribution in [0.1, 0.15) is 61.5 Å². The third-order valence-electron chi connectivity index (χ3n) is 6.12. The number of aromatic nitrogens is 2. The SMILES string of the molecule is Cc1nn([C@H]2CCS(=O)(=O)C2)c(C)c1C[NH+](C)CC(=O)NCCC1=CCCCC1. The van der Waals surface area contributed by atoms with Crippen LogP contribution in [0, 0.1) is 13.8 Å². The molecule has 0 spiro atoms. The average molecular weight is 424 g/mol. The van der Waals surface area contributed by atoms with Gasteiger partial charge < -0.3 is 10.2 Å². The van der Waals surface area contributed by atoms with Crippen molar-refractivity contribution in [2.45, 2.75) is 65.0 Å². The maximum absolute atomic E-state index is 12.3. The summed E-state index contributed by atoms with van der Waals surface area (Å²) in [6, 6.07) is -0.0647. The smallest absolute Gasteiger partial charge is 0.275 e. The monoisotopic (exact) mass is 423 g/mol. The second kappa shape index (κ2) is 9.43. The molecule has 2 N–H and O–H groups in total. The molecular weight excluding hydrogens is 388 g/mol. The van der Waals surface area contributed by atoms with E-state index in [-0.39, 0.29) is 23.5 Å². The Morgan fingerprint density at radius 1 is 1.34 bits per heavy atom. The lowest BCUT2D eigenvalue weighted by atomic mass is 9.97. The van der Waals surface area contributed by atoms with E-state index in [1.807, 2.05) is 25.6 Å². The highest BCUT2D eigenvalue weighted by molar-refractivity contribution is 7.91. The van der Waals surface area contributed by atoms with E-state index >= 15 is 0 Å². The van der Waals surface area contributed by atoms with Gasteiger partial charge >= 0.3 is 0 Å². The number of nitrogens with zero attached hydrogens (tertiary/aromatic N) is 2. The molecule has 2 heterocycles. The van der Waals surface area contributed by atoms with Crippen LogP contribution in [-0.4, -0.2) is 55.7 Å². The molecule has 8 heteroatoms. The van der Waals surface area contributed by atoms with Crippen molar-refractivity contribution in [3.05, 3.63) is 28.6 Å². The molecule has 162 valence electrons. The van der Waals surface area contributed by atoms with Gasteiger partial charge in [-0.1, -0.05) is 11.6 Å². The highest BCUT2D eigenvalue weighted by Crippen LogP contribution is 2.26. The second-order valence-electron chi connectivity index (χ2n) is 8.67. The highest BCUT2D eigenvalue weighted by atomic mass is 32.2. The molecule has 0 saturated carbocycles. The molecule has 1 fully saturated rings. The maximum atomic E-state index is 12.3. The summed E-state index contributed by atoms with van der Waals surface area (Å²) in [6.07, 6.45) is 8.82.